The van der Waals surface area contributed by atoms with E-state index in [0.717, 1.165) is 49.2 Å². The van der Waals surface area contributed by atoms with Crippen LogP contribution in [0.4, 0.5) is 8.78 Å². The number of likely N-dealkylation sites (tertiary alicyclic amines) is 1. The van der Waals surface area contributed by atoms with Gasteiger partial charge in [0, 0.05) is 13.1 Å². The van der Waals surface area contributed by atoms with Crippen LogP contribution in [0.3, 0.4) is 0 Å². The molecule has 0 spiro atoms. The normalized spacial score (nSPS) is 17.1. The molecule has 1 aliphatic heterocycles. The van der Waals surface area contributed by atoms with Gasteiger partial charge in [-0.25, -0.2) is 8.78 Å². The van der Waals surface area contributed by atoms with Crippen LogP contribution >= 0.6 is 0 Å². The van der Waals surface area contributed by atoms with Crippen LogP contribution in [0.1, 0.15) is 29.5 Å². The molecule has 0 radical (unpaired) electrons. The molecule has 1 nitrogen and oxygen atoms in total. The molecule has 1 fully saturated rings. The summed E-state index contributed by atoms with van der Waals surface area (Å²) in [6.07, 6.45) is 4.56. The van der Waals surface area contributed by atoms with Gasteiger partial charge in [0.1, 0.15) is 11.6 Å². The summed E-state index contributed by atoms with van der Waals surface area (Å²) in [5.74, 6) is -0.101. The Balaban J connectivity index is 1.59. The van der Waals surface area contributed by atoms with Crippen molar-refractivity contribution < 1.29 is 8.78 Å². The predicted octanol–water partition coefficient (Wildman–Crippen LogP) is 6.31. The molecule has 1 heterocycles. The molecular weight excluding hydrogens is 364 g/mol. The molecule has 0 saturated carbocycles. The maximum atomic E-state index is 13.4. The van der Waals surface area contributed by atoms with Crippen LogP contribution in [-0.2, 0) is 6.54 Å². The zero-order valence-corrected chi connectivity index (χ0v) is 16.4. The summed E-state index contributed by atoms with van der Waals surface area (Å²) < 4.78 is 26.9. The van der Waals surface area contributed by atoms with Crippen LogP contribution in [0.15, 0.2) is 84.9 Å². The molecule has 3 heteroatoms. The fourth-order valence-electron chi connectivity index (χ4n) is 4.07. The third-order valence-corrected chi connectivity index (χ3v) is 5.50. The fourth-order valence-corrected chi connectivity index (χ4v) is 4.07. The Morgan fingerprint density at radius 1 is 0.828 bits per heavy atom. The molecule has 1 atom stereocenters. The Morgan fingerprint density at radius 2 is 1.41 bits per heavy atom. The van der Waals surface area contributed by atoms with E-state index in [0.29, 0.717) is 5.92 Å². The van der Waals surface area contributed by atoms with Crippen molar-refractivity contribution in [2.24, 2.45) is 5.92 Å². The smallest absolute Gasteiger partial charge is 0.123 e. The van der Waals surface area contributed by atoms with Gasteiger partial charge < -0.3 is 0 Å². The molecule has 0 aliphatic carbocycles. The molecule has 3 aromatic rings. The Hall–Kier alpha value is -2.78. The largest absolute Gasteiger partial charge is 0.298 e. The molecule has 0 amide bonds. The molecule has 148 valence electrons. The van der Waals surface area contributed by atoms with Gasteiger partial charge in [0.15, 0.2) is 0 Å². The van der Waals surface area contributed by atoms with E-state index in [2.05, 4.69) is 35.2 Å². The topological polar surface area (TPSA) is 3.24 Å². The van der Waals surface area contributed by atoms with E-state index in [1.165, 1.54) is 29.8 Å². The zero-order valence-electron chi connectivity index (χ0n) is 16.4. The highest BCUT2D eigenvalue weighted by Gasteiger charge is 2.20. The Morgan fingerprint density at radius 3 is 2.00 bits per heavy atom. The van der Waals surface area contributed by atoms with Crippen molar-refractivity contribution in [1.82, 2.24) is 4.90 Å². The van der Waals surface area contributed by atoms with E-state index in [-0.39, 0.29) is 11.6 Å². The molecule has 29 heavy (non-hydrogen) atoms. The summed E-state index contributed by atoms with van der Waals surface area (Å²) in [6.45, 7) is 3.04. The van der Waals surface area contributed by atoms with Crippen LogP contribution < -0.4 is 0 Å². The lowest BCUT2D eigenvalue weighted by atomic mass is 9.90. The minimum Gasteiger partial charge on any atom is -0.298 e. The quantitative estimate of drug-likeness (QED) is 0.494. The van der Waals surface area contributed by atoms with Crippen LogP contribution in [0, 0.1) is 17.6 Å². The first-order valence-electron chi connectivity index (χ1n) is 10.2. The van der Waals surface area contributed by atoms with Crippen molar-refractivity contribution in [2.45, 2.75) is 19.4 Å². The molecule has 4 rings (SSSR count). The second-order valence-electron chi connectivity index (χ2n) is 7.72. The lowest BCUT2D eigenvalue weighted by Crippen LogP contribution is -2.34. The van der Waals surface area contributed by atoms with Gasteiger partial charge in [-0.05, 0) is 71.8 Å². The number of halogens is 2. The van der Waals surface area contributed by atoms with Gasteiger partial charge in [0.25, 0.3) is 0 Å². The van der Waals surface area contributed by atoms with Gasteiger partial charge in [-0.1, -0.05) is 60.7 Å². The van der Waals surface area contributed by atoms with Gasteiger partial charge in [0.2, 0.25) is 0 Å². The van der Waals surface area contributed by atoms with Gasteiger partial charge >= 0.3 is 0 Å². The van der Waals surface area contributed by atoms with Crippen LogP contribution in [-0.4, -0.2) is 18.0 Å². The third-order valence-electron chi connectivity index (χ3n) is 5.50. The van der Waals surface area contributed by atoms with Crippen molar-refractivity contribution in [3.05, 3.63) is 113 Å². The van der Waals surface area contributed by atoms with Crippen molar-refractivity contribution >= 4 is 5.57 Å². The van der Waals surface area contributed by atoms with Crippen molar-refractivity contribution in [3.8, 4) is 0 Å². The molecule has 1 unspecified atom stereocenters. The number of nitrogens with zero attached hydrogens (tertiary/aromatic N) is 1. The standard InChI is InChI=1S/C26H25F2N/c27-24-12-8-22(9-13-24)26(23-10-14-25(28)15-11-23)17-21-7-4-16-29(19-21)18-20-5-2-1-3-6-20/h1-3,5-6,8-15,17,21H,4,7,16,18-19H2. The maximum absolute atomic E-state index is 13.4. The summed E-state index contributed by atoms with van der Waals surface area (Å²) in [4.78, 5) is 2.49. The maximum Gasteiger partial charge on any atom is 0.123 e. The molecule has 1 aliphatic rings. The summed E-state index contributed by atoms with van der Waals surface area (Å²) in [6, 6.07) is 23.7. The van der Waals surface area contributed by atoms with Crippen molar-refractivity contribution in [2.75, 3.05) is 13.1 Å². The van der Waals surface area contributed by atoms with Crippen molar-refractivity contribution in [1.29, 1.82) is 0 Å². The first-order chi connectivity index (χ1) is 14.2. The monoisotopic (exact) mass is 389 g/mol. The first-order valence-corrected chi connectivity index (χ1v) is 10.2. The van der Waals surface area contributed by atoms with Gasteiger partial charge in [-0.3, -0.25) is 4.90 Å². The SMILES string of the molecule is Fc1ccc(C(=CC2CCCN(Cc3ccccc3)C2)c2ccc(F)cc2)cc1. The van der Waals surface area contributed by atoms with Gasteiger partial charge in [-0.15, -0.1) is 0 Å². The van der Waals surface area contributed by atoms with E-state index in [9.17, 15) is 8.78 Å². The molecule has 0 N–H and O–H groups in total. The fraction of sp³-hybridized carbons (Fsp3) is 0.231. The Bertz CT molecular complexity index is 899. The van der Waals surface area contributed by atoms with Gasteiger partial charge in [0.05, 0.1) is 0 Å². The van der Waals surface area contributed by atoms with E-state index >= 15 is 0 Å². The highest BCUT2D eigenvalue weighted by molar-refractivity contribution is 5.79. The number of hydrogen-bond donors (Lipinski definition) is 0. The average molecular weight is 389 g/mol. The summed E-state index contributed by atoms with van der Waals surface area (Å²) in [5.41, 5.74) is 4.28. The lowest BCUT2D eigenvalue weighted by molar-refractivity contribution is 0.189. The number of benzene rings is 3. The molecule has 3 aromatic carbocycles. The zero-order chi connectivity index (χ0) is 20.1. The Kier molecular flexibility index (Phi) is 6.16. The number of hydrogen-bond acceptors (Lipinski definition) is 1. The molecule has 0 bridgehead atoms. The molecule has 0 aromatic heterocycles. The van der Waals surface area contributed by atoms with E-state index in [4.69, 9.17) is 0 Å². The second-order valence-corrected chi connectivity index (χ2v) is 7.72. The van der Waals surface area contributed by atoms with E-state index in [1.54, 1.807) is 24.3 Å². The lowest BCUT2D eigenvalue weighted by Gasteiger charge is -2.32. The van der Waals surface area contributed by atoms with Gasteiger partial charge in [-0.2, -0.15) is 0 Å². The minimum absolute atomic E-state index is 0.251. The van der Waals surface area contributed by atoms with E-state index < -0.39 is 0 Å². The minimum atomic E-state index is -0.251. The summed E-state index contributed by atoms with van der Waals surface area (Å²) >= 11 is 0. The van der Waals surface area contributed by atoms with Crippen molar-refractivity contribution in [3.63, 3.8) is 0 Å². The summed E-state index contributed by atoms with van der Waals surface area (Å²) in [7, 11) is 0. The second kappa shape index (κ2) is 9.15. The highest BCUT2D eigenvalue weighted by Crippen LogP contribution is 2.29. The van der Waals surface area contributed by atoms with Crippen LogP contribution in [0.2, 0.25) is 0 Å². The summed E-state index contributed by atoms with van der Waals surface area (Å²) in [5, 5.41) is 0. The van der Waals surface area contributed by atoms with Crippen LogP contribution in [0.25, 0.3) is 5.57 Å². The average Bonchev–Trinajstić information content (AvgIpc) is 2.75. The highest BCUT2D eigenvalue weighted by atomic mass is 19.1. The van der Waals surface area contributed by atoms with Crippen LogP contribution in [0.5, 0.6) is 0 Å². The first kappa shape index (κ1) is 19.5. The number of piperidine rings is 1. The number of rotatable bonds is 5. The van der Waals surface area contributed by atoms with E-state index in [1.807, 2.05) is 6.07 Å². The predicted molar refractivity (Wildman–Crippen MR) is 114 cm³/mol. The molecule has 1 saturated heterocycles. The third kappa shape index (κ3) is 5.18. The Labute approximate surface area is 171 Å². The molecular formula is C26H25F2N.